The first-order valence-electron chi connectivity index (χ1n) is 7.86. The third kappa shape index (κ3) is 3.44. The van der Waals surface area contributed by atoms with E-state index in [9.17, 15) is 13.2 Å². The standard InChI is InChI=1S/C16H17N3O4S3/c1-4-8-23-16(20)13-9(2)10(3)24-15(13)19-26(21,22)12-7-5-6-11-14(12)18-25-17-11/h5-7,19H,4,8H2,1-3H3. The fourth-order valence-corrected chi connectivity index (χ4v) is 5.51. The number of carbonyl (C=O) groups is 1. The molecule has 0 fully saturated rings. The third-order valence-electron chi connectivity index (χ3n) is 3.79. The molecule has 10 heteroatoms. The Labute approximate surface area is 159 Å². The van der Waals surface area contributed by atoms with E-state index in [1.165, 1.54) is 17.4 Å². The molecular formula is C16H17N3O4S3. The van der Waals surface area contributed by atoms with Crippen LogP contribution in [0.1, 0.15) is 34.1 Å². The number of aryl methyl sites for hydroxylation is 1. The Morgan fingerprint density at radius 2 is 2.04 bits per heavy atom. The van der Waals surface area contributed by atoms with Crippen LogP contribution in [0.2, 0.25) is 0 Å². The van der Waals surface area contributed by atoms with Gasteiger partial charge in [-0.05, 0) is 38.0 Å². The number of ether oxygens (including phenoxy) is 1. The number of benzene rings is 1. The number of anilines is 1. The summed E-state index contributed by atoms with van der Waals surface area (Å²) in [5, 5.41) is 0.251. The van der Waals surface area contributed by atoms with Gasteiger partial charge in [-0.25, -0.2) is 13.2 Å². The van der Waals surface area contributed by atoms with Crippen molar-refractivity contribution in [3.63, 3.8) is 0 Å². The number of nitrogens with zero attached hydrogens (tertiary/aromatic N) is 2. The second-order valence-electron chi connectivity index (χ2n) is 5.62. The number of carbonyl (C=O) groups excluding carboxylic acids is 1. The molecule has 0 aliphatic heterocycles. The number of fused-ring (bicyclic) bond motifs is 1. The number of aromatic nitrogens is 2. The van der Waals surface area contributed by atoms with Gasteiger partial charge in [0, 0.05) is 4.88 Å². The summed E-state index contributed by atoms with van der Waals surface area (Å²) in [7, 11) is -3.93. The Morgan fingerprint density at radius 1 is 1.27 bits per heavy atom. The summed E-state index contributed by atoms with van der Waals surface area (Å²) in [4.78, 5) is 13.3. The number of rotatable bonds is 6. The van der Waals surface area contributed by atoms with Crippen LogP contribution >= 0.6 is 23.1 Å². The van der Waals surface area contributed by atoms with E-state index in [0.29, 0.717) is 23.0 Å². The lowest BCUT2D eigenvalue weighted by molar-refractivity contribution is 0.0506. The van der Waals surface area contributed by atoms with Gasteiger partial charge in [0.25, 0.3) is 10.0 Å². The highest BCUT2D eigenvalue weighted by Crippen LogP contribution is 2.35. The zero-order valence-corrected chi connectivity index (χ0v) is 16.8. The number of sulfonamides is 1. The molecule has 3 rings (SSSR count). The maximum atomic E-state index is 12.9. The molecule has 2 heterocycles. The smallest absolute Gasteiger partial charge is 0.341 e. The van der Waals surface area contributed by atoms with Gasteiger partial charge in [0.15, 0.2) is 0 Å². The molecule has 0 saturated heterocycles. The van der Waals surface area contributed by atoms with Gasteiger partial charge < -0.3 is 4.74 Å². The minimum Gasteiger partial charge on any atom is -0.462 e. The molecule has 1 aromatic carbocycles. The Morgan fingerprint density at radius 3 is 2.77 bits per heavy atom. The summed E-state index contributed by atoms with van der Waals surface area (Å²) in [6.07, 6.45) is 0.688. The van der Waals surface area contributed by atoms with Crippen molar-refractivity contribution in [3.8, 4) is 0 Å². The van der Waals surface area contributed by atoms with Crippen LogP contribution in [0.25, 0.3) is 11.0 Å². The van der Waals surface area contributed by atoms with Crippen molar-refractivity contribution >= 4 is 55.1 Å². The predicted molar refractivity (Wildman–Crippen MR) is 103 cm³/mol. The molecule has 0 atom stereocenters. The average molecular weight is 412 g/mol. The fraction of sp³-hybridized carbons (Fsp3) is 0.312. The monoisotopic (exact) mass is 411 g/mol. The van der Waals surface area contributed by atoms with Crippen LogP contribution in [0, 0.1) is 13.8 Å². The zero-order valence-electron chi connectivity index (χ0n) is 14.4. The van der Waals surface area contributed by atoms with E-state index in [2.05, 4.69) is 13.5 Å². The SMILES string of the molecule is CCCOC(=O)c1c(NS(=O)(=O)c2cccc3nsnc23)sc(C)c1C. The number of hydrogen-bond acceptors (Lipinski definition) is 8. The van der Waals surface area contributed by atoms with Crippen LogP contribution in [-0.2, 0) is 14.8 Å². The zero-order chi connectivity index (χ0) is 18.9. The van der Waals surface area contributed by atoms with Gasteiger partial charge in [0.2, 0.25) is 0 Å². The molecule has 2 aromatic heterocycles. The summed E-state index contributed by atoms with van der Waals surface area (Å²) in [5.41, 5.74) is 1.79. The molecule has 0 radical (unpaired) electrons. The van der Waals surface area contributed by atoms with Crippen molar-refractivity contribution in [1.29, 1.82) is 0 Å². The Bertz CT molecular complexity index is 1070. The first-order chi connectivity index (χ1) is 12.3. The van der Waals surface area contributed by atoms with E-state index in [0.717, 1.165) is 16.6 Å². The van der Waals surface area contributed by atoms with E-state index in [1.54, 1.807) is 19.1 Å². The molecule has 7 nitrogen and oxygen atoms in total. The van der Waals surface area contributed by atoms with Crippen LogP contribution in [0.4, 0.5) is 5.00 Å². The number of thiophene rings is 1. The molecule has 0 bridgehead atoms. The highest BCUT2D eigenvalue weighted by molar-refractivity contribution is 7.93. The molecule has 0 saturated carbocycles. The lowest BCUT2D eigenvalue weighted by Crippen LogP contribution is -2.16. The minimum absolute atomic E-state index is 0.0281. The Kier molecular flexibility index (Phi) is 5.26. The first-order valence-corrected chi connectivity index (χ1v) is 10.9. The van der Waals surface area contributed by atoms with Gasteiger partial charge in [0.05, 0.1) is 23.9 Å². The van der Waals surface area contributed by atoms with Gasteiger partial charge >= 0.3 is 5.97 Å². The topological polar surface area (TPSA) is 98.2 Å². The van der Waals surface area contributed by atoms with Crippen molar-refractivity contribution < 1.29 is 17.9 Å². The average Bonchev–Trinajstić information content (AvgIpc) is 3.17. The number of hydrogen-bond donors (Lipinski definition) is 1. The minimum atomic E-state index is -3.93. The highest BCUT2D eigenvalue weighted by Gasteiger charge is 2.26. The molecule has 0 aliphatic carbocycles. The predicted octanol–water partition coefficient (Wildman–Crippen LogP) is 3.74. The molecule has 138 valence electrons. The van der Waals surface area contributed by atoms with Crippen LogP contribution in [-0.4, -0.2) is 29.7 Å². The fourth-order valence-electron chi connectivity index (χ4n) is 2.39. The van der Waals surface area contributed by atoms with Crippen LogP contribution in [0.3, 0.4) is 0 Å². The molecule has 0 spiro atoms. The molecule has 3 aromatic rings. The summed E-state index contributed by atoms with van der Waals surface area (Å²) >= 11 is 2.16. The van der Waals surface area contributed by atoms with Crippen molar-refractivity contribution in [3.05, 3.63) is 34.2 Å². The van der Waals surface area contributed by atoms with Crippen molar-refractivity contribution in [2.24, 2.45) is 0 Å². The largest absolute Gasteiger partial charge is 0.462 e. The molecule has 0 unspecified atom stereocenters. The molecule has 0 aliphatic rings. The highest BCUT2D eigenvalue weighted by atomic mass is 32.2. The van der Waals surface area contributed by atoms with Gasteiger partial charge in [-0.15, -0.1) is 11.3 Å². The third-order valence-corrected chi connectivity index (χ3v) is 6.97. The van der Waals surface area contributed by atoms with Gasteiger partial charge in [0.1, 0.15) is 20.9 Å². The lowest BCUT2D eigenvalue weighted by atomic mass is 10.1. The summed E-state index contributed by atoms with van der Waals surface area (Å²) in [6, 6.07) is 4.78. The molecule has 26 heavy (non-hydrogen) atoms. The summed E-state index contributed by atoms with van der Waals surface area (Å²) in [5.74, 6) is -0.528. The number of nitrogens with one attached hydrogen (secondary N) is 1. The maximum absolute atomic E-state index is 12.9. The summed E-state index contributed by atoms with van der Waals surface area (Å²) in [6.45, 7) is 5.78. The molecule has 1 N–H and O–H groups in total. The van der Waals surface area contributed by atoms with Crippen LogP contribution in [0.5, 0.6) is 0 Å². The first kappa shape index (κ1) is 18.7. The second kappa shape index (κ2) is 7.29. The van der Waals surface area contributed by atoms with E-state index in [1.807, 2.05) is 13.8 Å². The van der Waals surface area contributed by atoms with E-state index < -0.39 is 16.0 Å². The Balaban J connectivity index is 2.02. The van der Waals surface area contributed by atoms with Gasteiger partial charge in [-0.1, -0.05) is 13.0 Å². The van der Waals surface area contributed by atoms with E-state index in [4.69, 9.17) is 4.74 Å². The van der Waals surface area contributed by atoms with E-state index in [-0.39, 0.29) is 22.1 Å². The summed E-state index contributed by atoms with van der Waals surface area (Å²) < 4.78 is 41.7. The van der Waals surface area contributed by atoms with Gasteiger partial charge in [-0.3, -0.25) is 4.72 Å². The molecular weight excluding hydrogens is 394 g/mol. The lowest BCUT2D eigenvalue weighted by Gasteiger charge is -2.09. The number of esters is 1. The second-order valence-corrected chi connectivity index (χ2v) is 9.02. The Hall–Kier alpha value is -2.04. The van der Waals surface area contributed by atoms with E-state index >= 15 is 0 Å². The quantitative estimate of drug-likeness (QED) is 0.621. The maximum Gasteiger partial charge on any atom is 0.341 e. The van der Waals surface area contributed by atoms with Crippen molar-refractivity contribution in [2.45, 2.75) is 32.1 Å². The van der Waals surface area contributed by atoms with Crippen LogP contribution in [0.15, 0.2) is 23.1 Å². The van der Waals surface area contributed by atoms with Crippen molar-refractivity contribution in [1.82, 2.24) is 8.75 Å². The normalized spacial score (nSPS) is 11.7. The molecule has 0 amide bonds. The van der Waals surface area contributed by atoms with Gasteiger partial charge in [-0.2, -0.15) is 8.75 Å². The van der Waals surface area contributed by atoms with Crippen LogP contribution < -0.4 is 4.72 Å². The van der Waals surface area contributed by atoms with Crippen molar-refractivity contribution in [2.75, 3.05) is 11.3 Å².